The van der Waals surface area contributed by atoms with Gasteiger partial charge in [0.1, 0.15) is 0 Å². The molecule has 0 radical (unpaired) electrons. The zero-order chi connectivity index (χ0) is 6.41. The van der Waals surface area contributed by atoms with Gasteiger partial charge in [-0.15, -0.1) is 11.8 Å². The number of hydrogen-bond donors (Lipinski definition) is 1. The lowest BCUT2D eigenvalue weighted by Crippen LogP contribution is -1.96. The minimum Gasteiger partial charge on any atom is -0.322 e. The molecule has 0 aliphatic carbocycles. The Balaban J connectivity index is 2.72. The highest BCUT2D eigenvalue weighted by Gasteiger charge is 1.90. The van der Waals surface area contributed by atoms with Crippen molar-refractivity contribution in [2.75, 3.05) is 11.6 Å². The summed E-state index contributed by atoms with van der Waals surface area (Å²) in [6, 6.07) is 0. The van der Waals surface area contributed by atoms with Crippen LogP contribution in [0.25, 0.3) is 0 Å². The average molecular weight is 133 g/mol. The van der Waals surface area contributed by atoms with E-state index in [0.717, 1.165) is 11.8 Å². The predicted octanol–water partition coefficient (Wildman–Crippen LogP) is 1.68. The maximum atomic E-state index is 5.28. The van der Waals surface area contributed by atoms with Gasteiger partial charge in [-0.1, -0.05) is 13.8 Å². The standard InChI is InChI=1S/C6H15NS/c1-6(2)3-4-8-5-7/h6H,3-5,7H2,1-2H3. The fourth-order valence-electron chi connectivity index (χ4n) is 0.402. The molecule has 0 heterocycles. The van der Waals surface area contributed by atoms with Crippen LogP contribution in [0.2, 0.25) is 0 Å². The lowest BCUT2D eigenvalue weighted by Gasteiger charge is -2.00. The van der Waals surface area contributed by atoms with Gasteiger partial charge in [-0.05, 0) is 18.1 Å². The second-order valence-electron chi connectivity index (χ2n) is 2.26. The largest absolute Gasteiger partial charge is 0.322 e. The van der Waals surface area contributed by atoms with E-state index in [4.69, 9.17) is 5.73 Å². The maximum Gasteiger partial charge on any atom is 0.0392 e. The molecule has 0 unspecified atom stereocenters. The van der Waals surface area contributed by atoms with Gasteiger partial charge in [0.25, 0.3) is 0 Å². The molecular formula is C6H15NS. The van der Waals surface area contributed by atoms with Crippen molar-refractivity contribution in [3.8, 4) is 0 Å². The molecule has 0 bridgehead atoms. The van der Waals surface area contributed by atoms with Crippen molar-refractivity contribution in [2.24, 2.45) is 11.7 Å². The van der Waals surface area contributed by atoms with E-state index in [-0.39, 0.29) is 0 Å². The Labute approximate surface area is 56.0 Å². The van der Waals surface area contributed by atoms with Gasteiger partial charge in [0.2, 0.25) is 0 Å². The van der Waals surface area contributed by atoms with E-state index < -0.39 is 0 Å². The Morgan fingerprint density at radius 3 is 2.50 bits per heavy atom. The van der Waals surface area contributed by atoms with Crippen molar-refractivity contribution in [3.05, 3.63) is 0 Å². The molecule has 0 saturated carbocycles. The van der Waals surface area contributed by atoms with Gasteiger partial charge in [0.05, 0.1) is 0 Å². The zero-order valence-electron chi connectivity index (χ0n) is 5.68. The second-order valence-corrected chi connectivity index (χ2v) is 3.41. The van der Waals surface area contributed by atoms with Crippen LogP contribution in [0.1, 0.15) is 20.3 Å². The molecule has 0 aliphatic rings. The molecule has 0 fully saturated rings. The Morgan fingerprint density at radius 2 is 2.12 bits per heavy atom. The summed E-state index contributed by atoms with van der Waals surface area (Å²) in [5.41, 5.74) is 5.28. The first-order valence-electron chi connectivity index (χ1n) is 3.05. The van der Waals surface area contributed by atoms with Crippen LogP contribution >= 0.6 is 11.8 Å². The maximum absolute atomic E-state index is 5.28. The summed E-state index contributed by atoms with van der Waals surface area (Å²) in [6.45, 7) is 4.47. The van der Waals surface area contributed by atoms with Gasteiger partial charge < -0.3 is 5.73 Å². The van der Waals surface area contributed by atoms with Gasteiger partial charge in [-0.3, -0.25) is 0 Å². The summed E-state index contributed by atoms with van der Waals surface area (Å²) in [4.78, 5) is 0. The molecule has 50 valence electrons. The topological polar surface area (TPSA) is 26.0 Å². The molecule has 2 N–H and O–H groups in total. The van der Waals surface area contributed by atoms with Gasteiger partial charge in [-0.25, -0.2) is 0 Å². The van der Waals surface area contributed by atoms with Crippen LogP contribution in [0.5, 0.6) is 0 Å². The van der Waals surface area contributed by atoms with Crippen LogP contribution in [0, 0.1) is 5.92 Å². The van der Waals surface area contributed by atoms with E-state index in [9.17, 15) is 0 Å². The van der Waals surface area contributed by atoms with E-state index in [1.54, 1.807) is 0 Å². The summed E-state index contributed by atoms with van der Waals surface area (Å²) in [6.07, 6.45) is 1.29. The van der Waals surface area contributed by atoms with E-state index >= 15 is 0 Å². The molecule has 0 amide bonds. The van der Waals surface area contributed by atoms with Crippen molar-refractivity contribution >= 4 is 11.8 Å². The molecule has 0 aliphatic heterocycles. The van der Waals surface area contributed by atoms with Crippen LogP contribution in [-0.4, -0.2) is 11.6 Å². The van der Waals surface area contributed by atoms with E-state index in [1.807, 2.05) is 11.8 Å². The Morgan fingerprint density at radius 1 is 1.50 bits per heavy atom. The Kier molecular flexibility index (Phi) is 5.66. The fourth-order valence-corrected chi connectivity index (χ4v) is 1.21. The van der Waals surface area contributed by atoms with E-state index in [2.05, 4.69) is 13.8 Å². The molecule has 0 aromatic heterocycles. The Hall–Kier alpha value is 0.310. The first-order valence-corrected chi connectivity index (χ1v) is 4.20. The molecule has 2 heteroatoms. The van der Waals surface area contributed by atoms with E-state index in [0.29, 0.717) is 0 Å². The van der Waals surface area contributed by atoms with Gasteiger partial charge >= 0.3 is 0 Å². The monoisotopic (exact) mass is 133 g/mol. The zero-order valence-corrected chi connectivity index (χ0v) is 6.50. The summed E-state index contributed by atoms with van der Waals surface area (Å²) in [5, 5.41) is 0. The van der Waals surface area contributed by atoms with E-state index in [1.165, 1.54) is 12.2 Å². The highest BCUT2D eigenvalue weighted by molar-refractivity contribution is 7.99. The van der Waals surface area contributed by atoms with Crippen LogP contribution < -0.4 is 5.73 Å². The minimum atomic E-state index is 0.771. The number of thioether (sulfide) groups is 1. The van der Waals surface area contributed by atoms with Crippen LogP contribution in [-0.2, 0) is 0 Å². The quantitative estimate of drug-likeness (QED) is 0.466. The van der Waals surface area contributed by atoms with Gasteiger partial charge in [0.15, 0.2) is 0 Å². The highest BCUT2D eigenvalue weighted by Crippen LogP contribution is 2.05. The molecule has 0 spiro atoms. The molecule has 0 aromatic rings. The van der Waals surface area contributed by atoms with Gasteiger partial charge in [0, 0.05) is 5.88 Å². The first kappa shape index (κ1) is 8.31. The summed E-state index contributed by atoms with van der Waals surface area (Å²) in [5.74, 6) is 2.81. The third-order valence-corrected chi connectivity index (χ3v) is 1.72. The van der Waals surface area contributed by atoms with Crippen LogP contribution in [0.3, 0.4) is 0 Å². The summed E-state index contributed by atoms with van der Waals surface area (Å²) >= 11 is 1.81. The highest BCUT2D eigenvalue weighted by atomic mass is 32.2. The summed E-state index contributed by atoms with van der Waals surface area (Å²) < 4.78 is 0. The second kappa shape index (κ2) is 5.45. The lowest BCUT2D eigenvalue weighted by atomic mass is 10.2. The van der Waals surface area contributed by atoms with Crippen molar-refractivity contribution in [1.82, 2.24) is 0 Å². The Bertz CT molecular complexity index is 45.8. The first-order chi connectivity index (χ1) is 3.77. The SMILES string of the molecule is CC(C)CCSCN. The molecule has 0 aromatic carbocycles. The molecular weight excluding hydrogens is 118 g/mol. The van der Waals surface area contributed by atoms with Gasteiger partial charge in [-0.2, -0.15) is 0 Å². The average Bonchev–Trinajstić information content (AvgIpc) is 1.66. The normalized spacial score (nSPS) is 10.5. The molecule has 8 heavy (non-hydrogen) atoms. The lowest BCUT2D eigenvalue weighted by molar-refractivity contribution is 0.632. The third kappa shape index (κ3) is 6.31. The molecule has 1 nitrogen and oxygen atoms in total. The fraction of sp³-hybridized carbons (Fsp3) is 1.00. The molecule has 0 saturated heterocycles. The molecule has 0 rings (SSSR count). The van der Waals surface area contributed by atoms with Crippen molar-refractivity contribution < 1.29 is 0 Å². The van der Waals surface area contributed by atoms with Crippen molar-refractivity contribution in [1.29, 1.82) is 0 Å². The van der Waals surface area contributed by atoms with Crippen LogP contribution in [0.15, 0.2) is 0 Å². The smallest absolute Gasteiger partial charge is 0.0392 e. The van der Waals surface area contributed by atoms with Crippen molar-refractivity contribution in [2.45, 2.75) is 20.3 Å². The summed E-state index contributed by atoms with van der Waals surface area (Å²) in [7, 11) is 0. The number of rotatable bonds is 4. The number of hydrogen-bond acceptors (Lipinski definition) is 2. The predicted molar refractivity (Wildman–Crippen MR) is 41.0 cm³/mol. The minimum absolute atomic E-state index is 0.771. The van der Waals surface area contributed by atoms with Crippen LogP contribution in [0.4, 0.5) is 0 Å². The third-order valence-electron chi connectivity index (χ3n) is 0.957. The molecule has 0 atom stereocenters. The van der Waals surface area contributed by atoms with Crippen molar-refractivity contribution in [3.63, 3.8) is 0 Å². The number of nitrogens with two attached hydrogens (primary N) is 1.